The standard InChI is InChI=1S/C9H14N3/c1-2-3-4-5-6-9-11-7-10-8-12-9/h6-8H,2-5H2,1H3. The third kappa shape index (κ3) is 3.42. The maximum atomic E-state index is 4.00. The molecule has 1 aromatic rings. The van der Waals surface area contributed by atoms with Crippen LogP contribution in [0.2, 0.25) is 0 Å². The third-order valence-electron chi connectivity index (χ3n) is 1.65. The van der Waals surface area contributed by atoms with Crippen LogP contribution < -0.4 is 0 Å². The van der Waals surface area contributed by atoms with Crippen molar-refractivity contribution in [1.29, 1.82) is 0 Å². The third-order valence-corrected chi connectivity index (χ3v) is 1.65. The van der Waals surface area contributed by atoms with E-state index in [2.05, 4.69) is 28.3 Å². The molecule has 0 spiro atoms. The van der Waals surface area contributed by atoms with Gasteiger partial charge in [0.2, 0.25) is 0 Å². The largest absolute Gasteiger partial charge is 0.225 e. The van der Waals surface area contributed by atoms with Crippen LogP contribution in [0.15, 0.2) is 12.7 Å². The maximum absolute atomic E-state index is 4.00. The zero-order valence-electron chi connectivity index (χ0n) is 7.40. The van der Waals surface area contributed by atoms with Crippen molar-refractivity contribution in [1.82, 2.24) is 15.0 Å². The first-order chi connectivity index (χ1) is 5.93. The number of hydrogen-bond donors (Lipinski definition) is 0. The van der Waals surface area contributed by atoms with Crippen LogP contribution in [-0.4, -0.2) is 15.0 Å². The quantitative estimate of drug-likeness (QED) is 0.625. The summed E-state index contributed by atoms with van der Waals surface area (Å²) in [7, 11) is 0. The molecule has 0 amide bonds. The molecule has 3 nitrogen and oxygen atoms in total. The second kappa shape index (κ2) is 5.63. The van der Waals surface area contributed by atoms with Crippen molar-refractivity contribution in [3.8, 4) is 0 Å². The summed E-state index contributed by atoms with van der Waals surface area (Å²) in [4.78, 5) is 11.7. The second-order valence-electron chi connectivity index (χ2n) is 2.70. The summed E-state index contributed by atoms with van der Waals surface area (Å²) in [5.74, 6) is 0.793. The molecule has 0 N–H and O–H groups in total. The lowest BCUT2D eigenvalue weighted by molar-refractivity contribution is 0.708. The SMILES string of the molecule is CCCCC[CH]c1ncncn1. The lowest BCUT2D eigenvalue weighted by Gasteiger charge is -1.96. The molecule has 0 unspecified atom stereocenters. The molecule has 1 heterocycles. The van der Waals surface area contributed by atoms with Gasteiger partial charge in [0.05, 0.1) is 0 Å². The first-order valence-electron chi connectivity index (χ1n) is 4.38. The predicted octanol–water partition coefficient (Wildman–Crippen LogP) is 2.00. The molecule has 3 heteroatoms. The van der Waals surface area contributed by atoms with Crippen molar-refractivity contribution in [2.75, 3.05) is 0 Å². The van der Waals surface area contributed by atoms with E-state index in [-0.39, 0.29) is 0 Å². The minimum atomic E-state index is 0.793. The van der Waals surface area contributed by atoms with Gasteiger partial charge in [-0.1, -0.05) is 26.2 Å². The van der Waals surface area contributed by atoms with Gasteiger partial charge in [-0.15, -0.1) is 0 Å². The van der Waals surface area contributed by atoms with Gasteiger partial charge in [0, 0.05) is 6.42 Å². The van der Waals surface area contributed by atoms with Gasteiger partial charge in [0.1, 0.15) is 18.5 Å². The lowest BCUT2D eigenvalue weighted by atomic mass is 10.1. The molecule has 1 rings (SSSR count). The van der Waals surface area contributed by atoms with Gasteiger partial charge >= 0.3 is 0 Å². The number of aromatic nitrogens is 3. The van der Waals surface area contributed by atoms with E-state index in [9.17, 15) is 0 Å². The highest BCUT2D eigenvalue weighted by Gasteiger charge is 1.94. The summed E-state index contributed by atoms with van der Waals surface area (Å²) >= 11 is 0. The minimum absolute atomic E-state index is 0.793. The fraction of sp³-hybridized carbons (Fsp3) is 0.556. The molecule has 1 aromatic heterocycles. The molecule has 12 heavy (non-hydrogen) atoms. The highest BCUT2D eigenvalue weighted by atomic mass is 15.0. The molecule has 0 aliphatic carbocycles. The summed E-state index contributed by atoms with van der Waals surface area (Å²) in [5, 5.41) is 0. The van der Waals surface area contributed by atoms with E-state index in [1.54, 1.807) is 0 Å². The van der Waals surface area contributed by atoms with Crippen LogP contribution in [-0.2, 0) is 0 Å². The predicted molar refractivity (Wildman–Crippen MR) is 47.4 cm³/mol. The topological polar surface area (TPSA) is 38.7 Å². The summed E-state index contributed by atoms with van der Waals surface area (Å²) in [5.41, 5.74) is 0. The van der Waals surface area contributed by atoms with Crippen LogP contribution >= 0.6 is 0 Å². The fourth-order valence-electron chi connectivity index (χ4n) is 0.979. The van der Waals surface area contributed by atoms with Crippen LogP contribution in [0.5, 0.6) is 0 Å². The van der Waals surface area contributed by atoms with Crippen molar-refractivity contribution in [3.63, 3.8) is 0 Å². The molecule has 0 fully saturated rings. The molecular weight excluding hydrogens is 150 g/mol. The number of unbranched alkanes of at least 4 members (excludes halogenated alkanes) is 3. The maximum Gasteiger partial charge on any atom is 0.135 e. The molecule has 1 radical (unpaired) electrons. The Bertz CT molecular complexity index is 198. The summed E-state index contributed by atoms with van der Waals surface area (Å²) in [6, 6.07) is 0. The van der Waals surface area contributed by atoms with Gasteiger partial charge in [-0.25, -0.2) is 15.0 Å². The number of rotatable bonds is 5. The van der Waals surface area contributed by atoms with Crippen molar-refractivity contribution >= 4 is 0 Å². The molecule has 0 aromatic carbocycles. The smallest absolute Gasteiger partial charge is 0.135 e. The van der Waals surface area contributed by atoms with E-state index < -0.39 is 0 Å². The summed E-state index contributed by atoms with van der Waals surface area (Å²) < 4.78 is 0. The van der Waals surface area contributed by atoms with E-state index in [1.165, 1.54) is 31.9 Å². The van der Waals surface area contributed by atoms with Crippen molar-refractivity contribution in [2.24, 2.45) is 0 Å². The number of nitrogens with zero attached hydrogens (tertiary/aromatic N) is 3. The monoisotopic (exact) mass is 164 g/mol. The first-order valence-corrected chi connectivity index (χ1v) is 4.38. The van der Waals surface area contributed by atoms with Crippen LogP contribution in [0.25, 0.3) is 0 Å². The zero-order chi connectivity index (χ0) is 8.65. The molecule has 0 aliphatic rings. The van der Waals surface area contributed by atoms with E-state index in [4.69, 9.17) is 0 Å². The average Bonchev–Trinajstić information content (AvgIpc) is 2.14. The first kappa shape index (κ1) is 9.10. The minimum Gasteiger partial charge on any atom is -0.225 e. The molecule has 0 saturated heterocycles. The molecule has 0 atom stereocenters. The van der Waals surface area contributed by atoms with Gasteiger partial charge in [-0.3, -0.25) is 0 Å². The van der Waals surface area contributed by atoms with Gasteiger partial charge in [0.25, 0.3) is 0 Å². The fourth-order valence-corrected chi connectivity index (χ4v) is 0.979. The van der Waals surface area contributed by atoms with E-state index in [0.717, 1.165) is 12.2 Å². The lowest BCUT2D eigenvalue weighted by Crippen LogP contribution is -1.92. The van der Waals surface area contributed by atoms with Gasteiger partial charge in [-0.05, 0) is 6.42 Å². The van der Waals surface area contributed by atoms with E-state index >= 15 is 0 Å². The van der Waals surface area contributed by atoms with E-state index in [1.807, 2.05) is 0 Å². The molecule has 65 valence electrons. The molecular formula is C9H14N3. The van der Waals surface area contributed by atoms with Crippen LogP contribution in [0.4, 0.5) is 0 Å². The zero-order valence-corrected chi connectivity index (χ0v) is 7.40. The van der Waals surface area contributed by atoms with E-state index in [0.29, 0.717) is 0 Å². The Kier molecular flexibility index (Phi) is 4.27. The Labute approximate surface area is 73.3 Å². The summed E-state index contributed by atoms with van der Waals surface area (Å²) in [6.45, 7) is 2.20. The van der Waals surface area contributed by atoms with Crippen molar-refractivity contribution in [2.45, 2.75) is 32.6 Å². The van der Waals surface area contributed by atoms with Crippen LogP contribution in [0, 0.1) is 6.42 Å². The normalized spacial score (nSPS) is 10.1. The van der Waals surface area contributed by atoms with Gasteiger partial charge in [0.15, 0.2) is 0 Å². The van der Waals surface area contributed by atoms with Crippen molar-refractivity contribution < 1.29 is 0 Å². The Morgan fingerprint density at radius 2 is 2.00 bits per heavy atom. The van der Waals surface area contributed by atoms with Crippen LogP contribution in [0.1, 0.15) is 38.4 Å². The Balaban J connectivity index is 2.16. The Hall–Kier alpha value is -0.990. The van der Waals surface area contributed by atoms with Crippen LogP contribution in [0.3, 0.4) is 0 Å². The summed E-state index contributed by atoms with van der Waals surface area (Å²) in [6.07, 6.45) is 9.93. The number of hydrogen-bond acceptors (Lipinski definition) is 3. The Morgan fingerprint density at radius 1 is 1.25 bits per heavy atom. The highest BCUT2D eigenvalue weighted by molar-refractivity contribution is 4.96. The van der Waals surface area contributed by atoms with Gasteiger partial charge in [-0.2, -0.15) is 0 Å². The molecule has 0 aliphatic heterocycles. The average molecular weight is 164 g/mol. The second-order valence-corrected chi connectivity index (χ2v) is 2.70. The molecule has 0 bridgehead atoms. The Morgan fingerprint density at radius 3 is 2.67 bits per heavy atom. The van der Waals surface area contributed by atoms with Gasteiger partial charge < -0.3 is 0 Å². The molecule has 0 saturated carbocycles. The van der Waals surface area contributed by atoms with Crippen molar-refractivity contribution in [3.05, 3.63) is 24.9 Å². The highest BCUT2D eigenvalue weighted by Crippen LogP contribution is 2.04.